The molecule has 1 N–H and O–H groups in total. The molecule has 0 unspecified atom stereocenters. The summed E-state index contributed by atoms with van der Waals surface area (Å²) in [7, 11) is 1.72. The van der Waals surface area contributed by atoms with Crippen LogP contribution >= 0.6 is 0 Å². The predicted molar refractivity (Wildman–Crippen MR) is 92.1 cm³/mol. The smallest absolute Gasteiger partial charge is 0.258 e. The molecule has 1 atom stereocenters. The van der Waals surface area contributed by atoms with E-state index in [4.69, 9.17) is 0 Å². The van der Waals surface area contributed by atoms with Crippen molar-refractivity contribution in [2.45, 2.75) is 12.5 Å². The van der Waals surface area contributed by atoms with E-state index in [-0.39, 0.29) is 11.8 Å². The average molecular weight is 324 g/mol. The van der Waals surface area contributed by atoms with Gasteiger partial charge in [-0.25, -0.2) is 0 Å². The second-order valence-electron chi connectivity index (χ2n) is 5.97. The Hall–Kier alpha value is -2.66. The standard InChI is InChI=1S/C19H20N2O3/c1-20(16-5-3-2-4-6-16)18(23)14-7-9-15(10-8-14)19(24)21-12-11-17(22)13-21/h2-10,17,22H,11-13H2,1H3/t17-/m1/s1. The van der Waals surface area contributed by atoms with Gasteiger partial charge in [-0.05, 0) is 42.8 Å². The Bertz CT molecular complexity index is 728. The van der Waals surface area contributed by atoms with E-state index in [1.54, 1.807) is 41.1 Å². The predicted octanol–water partition coefficient (Wildman–Crippen LogP) is 2.17. The number of aliphatic hydroxyl groups is 1. The molecule has 1 heterocycles. The summed E-state index contributed by atoms with van der Waals surface area (Å²) in [5, 5.41) is 9.54. The lowest BCUT2D eigenvalue weighted by Crippen LogP contribution is -2.29. The van der Waals surface area contributed by atoms with Gasteiger partial charge < -0.3 is 14.9 Å². The lowest BCUT2D eigenvalue weighted by atomic mass is 10.1. The molecule has 0 aromatic heterocycles. The quantitative estimate of drug-likeness (QED) is 0.941. The molecule has 1 aliphatic rings. The van der Waals surface area contributed by atoms with Crippen LogP contribution in [0.5, 0.6) is 0 Å². The number of para-hydroxylation sites is 1. The molecule has 1 fully saturated rings. The largest absolute Gasteiger partial charge is 0.391 e. The molecule has 1 aliphatic heterocycles. The van der Waals surface area contributed by atoms with Crippen LogP contribution in [0.15, 0.2) is 54.6 Å². The number of hydrogen-bond acceptors (Lipinski definition) is 3. The highest BCUT2D eigenvalue weighted by atomic mass is 16.3. The third-order valence-electron chi connectivity index (χ3n) is 4.28. The zero-order chi connectivity index (χ0) is 17.1. The molecule has 2 aromatic rings. The molecule has 0 aliphatic carbocycles. The lowest BCUT2D eigenvalue weighted by molar-refractivity contribution is 0.0764. The fourth-order valence-corrected chi connectivity index (χ4v) is 2.83. The van der Waals surface area contributed by atoms with Gasteiger partial charge in [0.1, 0.15) is 0 Å². The van der Waals surface area contributed by atoms with E-state index in [9.17, 15) is 14.7 Å². The van der Waals surface area contributed by atoms with E-state index in [2.05, 4.69) is 0 Å². The van der Waals surface area contributed by atoms with Crippen molar-refractivity contribution < 1.29 is 14.7 Å². The molecule has 124 valence electrons. The SMILES string of the molecule is CN(C(=O)c1ccc(C(=O)N2CC[C@@H](O)C2)cc1)c1ccccc1. The van der Waals surface area contributed by atoms with Crippen LogP contribution in [-0.4, -0.2) is 48.1 Å². The zero-order valence-corrected chi connectivity index (χ0v) is 13.6. The van der Waals surface area contributed by atoms with Crippen LogP contribution in [-0.2, 0) is 0 Å². The normalized spacial score (nSPS) is 16.9. The highest BCUT2D eigenvalue weighted by Gasteiger charge is 2.25. The highest BCUT2D eigenvalue weighted by molar-refractivity contribution is 6.06. The first kappa shape index (κ1) is 16.2. The summed E-state index contributed by atoms with van der Waals surface area (Å²) in [4.78, 5) is 28.1. The van der Waals surface area contributed by atoms with Crippen LogP contribution in [0.1, 0.15) is 27.1 Å². The summed E-state index contributed by atoms with van der Waals surface area (Å²) in [5.41, 5.74) is 1.87. The first-order valence-corrected chi connectivity index (χ1v) is 7.97. The van der Waals surface area contributed by atoms with Crippen LogP contribution in [0.25, 0.3) is 0 Å². The van der Waals surface area contributed by atoms with E-state index < -0.39 is 6.10 Å². The van der Waals surface area contributed by atoms with Crippen molar-refractivity contribution in [2.75, 3.05) is 25.0 Å². The number of carbonyl (C=O) groups excluding carboxylic acids is 2. The Morgan fingerprint density at radius 2 is 1.67 bits per heavy atom. The summed E-state index contributed by atoms with van der Waals surface area (Å²) >= 11 is 0. The maximum Gasteiger partial charge on any atom is 0.258 e. The molecule has 5 nitrogen and oxygen atoms in total. The molecule has 24 heavy (non-hydrogen) atoms. The molecule has 2 aromatic carbocycles. The second-order valence-corrected chi connectivity index (χ2v) is 5.97. The van der Waals surface area contributed by atoms with Crippen LogP contribution < -0.4 is 4.90 Å². The average Bonchev–Trinajstić information content (AvgIpc) is 3.07. The van der Waals surface area contributed by atoms with E-state index in [1.807, 2.05) is 30.3 Å². The Labute approximate surface area is 141 Å². The fraction of sp³-hybridized carbons (Fsp3) is 0.263. The van der Waals surface area contributed by atoms with Crippen LogP contribution in [0.2, 0.25) is 0 Å². The first-order chi connectivity index (χ1) is 11.6. The van der Waals surface area contributed by atoms with Crippen molar-refractivity contribution in [3.05, 3.63) is 65.7 Å². The van der Waals surface area contributed by atoms with Gasteiger partial charge in [0.15, 0.2) is 0 Å². The molecule has 0 saturated carbocycles. The number of rotatable bonds is 3. The molecule has 2 amide bonds. The summed E-state index contributed by atoms with van der Waals surface area (Å²) in [6, 6.07) is 16.1. The highest BCUT2D eigenvalue weighted by Crippen LogP contribution is 2.17. The van der Waals surface area contributed by atoms with Gasteiger partial charge >= 0.3 is 0 Å². The molecule has 0 spiro atoms. The third-order valence-corrected chi connectivity index (χ3v) is 4.28. The Morgan fingerprint density at radius 1 is 1.04 bits per heavy atom. The van der Waals surface area contributed by atoms with Gasteiger partial charge in [-0.3, -0.25) is 9.59 Å². The number of aliphatic hydroxyl groups excluding tert-OH is 1. The van der Waals surface area contributed by atoms with Crippen molar-refractivity contribution in [3.8, 4) is 0 Å². The van der Waals surface area contributed by atoms with Crippen LogP contribution in [0, 0.1) is 0 Å². The maximum absolute atomic E-state index is 12.5. The van der Waals surface area contributed by atoms with Crippen LogP contribution in [0.4, 0.5) is 5.69 Å². The molecule has 1 saturated heterocycles. The number of amides is 2. The van der Waals surface area contributed by atoms with Crippen molar-refractivity contribution in [2.24, 2.45) is 0 Å². The number of nitrogens with zero attached hydrogens (tertiary/aromatic N) is 2. The number of carbonyl (C=O) groups is 2. The number of hydrogen-bond donors (Lipinski definition) is 1. The monoisotopic (exact) mass is 324 g/mol. The van der Waals surface area contributed by atoms with Crippen LogP contribution in [0.3, 0.4) is 0 Å². The number of anilines is 1. The van der Waals surface area contributed by atoms with Crippen molar-refractivity contribution in [1.82, 2.24) is 4.90 Å². The van der Waals surface area contributed by atoms with Gasteiger partial charge in [0.25, 0.3) is 11.8 Å². The van der Waals surface area contributed by atoms with Crippen molar-refractivity contribution in [1.29, 1.82) is 0 Å². The Morgan fingerprint density at radius 3 is 2.25 bits per heavy atom. The summed E-state index contributed by atoms with van der Waals surface area (Å²) in [6.07, 6.45) is 0.179. The third kappa shape index (κ3) is 3.31. The number of likely N-dealkylation sites (tertiary alicyclic amines) is 1. The topological polar surface area (TPSA) is 60.9 Å². The maximum atomic E-state index is 12.5. The van der Waals surface area contributed by atoms with E-state index in [0.29, 0.717) is 30.6 Å². The zero-order valence-electron chi connectivity index (χ0n) is 13.6. The van der Waals surface area contributed by atoms with Gasteiger partial charge in [0.2, 0.25) is 0 Å². The molecule has 3 rings (SSSR count). The molecular formula is C19H20N2O3. The van der Waals surface area contributed by atoms with Crippen molar-refractivity contribution >= 4 is 17.5 Å². The van der Waals surface area contributed by atoms with Gasteiger partial charge in [-0.2, -0.15) is 0 Å². The van der Waals surface area contributed by atoms with Gasteiger partial charge in [0.05, 0.1) is 6.10 Å². The van der Waals surface area contributed by atoms with Gasteiger partial charge in [-0.1, -0.05) is 18.2 Å². The van der Waals surface area contributed by atoms with E-state index in [0.717, 1.165) is 5.69 Å². The second kappa shape index (κ2) is 6.84. The van der Waals surface area contributed by atoms with E-state index in [1.165, 1.54) is 0 Å². The van der Waals surface area contributed by atoms with E-state index >= 15 is 0 Å². The van der Waals surface area contributed by atoms with Gasteiger partial charge in [-0.15, -0.1) is 0 Å². The molecule has 0 radical (unpaired) electrons. The summed E-state index contributed by atoms with van der Waals surface area (Å²) in [6.45, 7) is 0.938. The number of β-amino-alcohol motifs (C(OH)–C–C–N with tert-alkyl or cyclic N) is 1. The minimum Gasteiger partial charge on any atom is -0.391 e. The molecule has 0 bridgehead atoms. The molecular weight excluding hydrogens is 304 g/mol. The lowest BCUT2D eigenvalue weighted by Gasteiger charge is -2.18. The summed E-state index contributed by atoms with van der Waals surface area (Å²) in [5.74, 6) is -0.237. The summed E-state index contributed by atoms with van der Waals surface area (Å²) < 4.78 is 0. The Kier molecular flexibility index (Phi) is 4.62. The van der Waals surface area contributed by atoms with Crippen molar-refractivity contribution in [3.63, 3.8) is 0 Å². The minimum absolute atomic E-state index is 0.109. The number of benzene rings is 2. The molecule has 5 heteroatoms. The fourth-order valence-electron chi connectivity index (χ4n) is 2.83. The minimum atomic E-state index is -0.436. The first-order valence-electron chi connectivity index (χ1n) is 7.97. The van der Waals surface area contributed by atoms with Gasteiger partial charge in [0, 0.05) is 37.0 Å². The Balaban J connectivity index is 1.72.